The molecule has 0 saturated carbocycles. The molecule has 2 heterocycles. The molecule has 0 saturated heterocycles. The largest absolute Gasteiger partial charge is 0.265 e. The van der Waals surface area contributed by atoms with Crippen molar-refractivity contribution in [2.75, 3.05) is 0 Å². The molecule has 1 N–H and O–H groups in total. The third-order valence-electron chi connectivity index (χ3n) is 3.43. The van der Waals surface area contributed by atoms with Gasteiger partial charge in [0.05, 0.1) is 6.04 Å². The van der Waals surface area contributed by atoms with Crippen LogP contribution in [0.3, 0.4) is 0 Å². The van der Waals surface area contributed by atoms with E-state index in [9.17, 15) is 8.42 Å². The smallest absolute Gasteiger partial charge is 0.250 e. The molecular weight excluding hydrogens is 328 g/mol. The lowest BCUT2D eigenvalue weighted by molar-refractivity contribution is 0.574. The SMILES string of the molecule is Cc1ccc(S(=O)(=O)N[C@@H](c2ccccc2)c2ccncc2)s1. The van der Waals surface area contributed by atoms with E-state index in [1.807, 2.05) is 55.5 Å². The number of aromatic nitrogens is 1. The zero-order valence-electron chi connectivity index (χ0n) is 12.5. The minimum atomic E-state index is -3.59. The van der Waals surface area contributed by atoms with Crippen molar-refractivity contribution in [1.29, 1.82) is 0 Å². The Balaban J connectivity index is 2.00. The van der Waals surface area contributed by atoms with Crippen molar-refractivity contribution in [3.8, 4) is 0 Å². The van der Waals surface area contributed by atoms with E-state index in [0.717, 1.165) is 16.0 Å². The number of hydrogen-bond donors (Lipinski definition) is 1. The number of hydrogen-bond acceptors (Lipinski definition) is 4. The molecule has 4 nitrogen and oxygen atoms in total. The summed E-state index contributed by atoms with van der Waals surface area (Å²) in [6.45, 7) is 1.89. The summed E-state index contributed by atoms with van der Waals surface area (Å²) in [4.78, 5) is 4.97. The Hall–Kier alpha value is -2.02. The monoisotopic (exact) mass is 344 g/mol. The molecule has 3 aromatic rings. The van der Waals surface area contributed by atoms with Crippen LogP contribution in [0.5, 0.6) is 0 Å². The Morgan fingerprint density at radius 2 is 1.61 bits per heavy atom. The van der Waals surface area contributed by atoms with Crippen LogP contribution >= 0.6 is 11.3 Å². The summed E-state index contributed by atoms with van der Waals surface area (Å²) < 4.78 is 28.5. The number of nitrogens with one attached hydrogen (secondary N) is 1. The Bertz CT molecular complexity index is 836. The van der Waals surface area contributed by atoms with Gasteiger partial charge in [0.1, 0.15) is 4.21 Å². The summed E-state index contributed by atoms with van der Waals surface area (Å²) in [5.74, 6) is 0. The highest BCUT2D eigenvalue weighted by Crippen LogP contribution is 2.26. The van der Waals surface area contributed by atoms with Gasteiger partial charge in [-0.15, -0.1) is 11.3 Å². The van der Waals surface area contributed by atoms with E-state index in [-0.39, 0.29) is 0 Å². The molecule has 0 aliphatic heterocycles. The third kappa shape index (κ3) is 3.67. The second-order valence-electron chi connectivity index (χ2n) is 5.11. The summed E-state index contributed by atoms with van der Waals surface area (Å²) in [5, 5.41) is 0. The second-order valence-corrected chi connectivity index (χ2v) is 8.34. The molecule has 1 atom stereocenters. The highest BCUT2D eigenvalue weighted by molar-refractivity contribution is 7.91. The van der Waals surface area contributed by atoms with Crippen LogP contribution in [-0.4, -0.2) is 13.4 Å². The van der Waals surface area contributed by atoms with E-state index in [2.05, 4.69) is 9.71 Å². The lowest BCUT2D eigenvalue weighted by Gasteiger charge is -2.19. The molecule has 118 valence electrons. The molecule has 0 bridgehead atoms. The van der Waals surface area contributed by atoms with Crippen LogP contribution in [0, 0.1) is 6.92 Å². The number of benzene rings is 1. The summed E-state index contributed by atoms with van der Waals surface area (Å²) in [6, 6.07) is 16.1. The van der Waals surface area contributed by atoms with E-state index in [1.165, 1.54) is 11.3 Å². The van der Waals surface area contributed by atoms with Gasteiger partial charge >= 0.3 is 0 Å². The van der Waals surface area contributed by atoms with Gasteiger partial charge in [-0.05, 0) is 42.3 Å². The molecule has 6 heteroatoms. The molecule has 0 aliphatic carbocycles. The number of rotatable bonds is 5. The Morgan fingerprint density at radius 1 is 0.957 bits per heavy atom. The summed E-state index contributed by atoms with van der Waals surface area (Å²) in [6.07, 6.45) is 3.32. The first-order valence-corrected chi connectivity index (χ1v) is 9.40. The number of sulfonamides is 1. The fraction of sp³-hybridized carbons (Fsp3) is 0.118. The standard InChI is InChI=1S/C17H16N2O2S2/c1-13-7-8-16(22-13)23(20,21)19-17(14-5-3-2-4-6-14)15-9-11-18-12-10-15/h2-12,17,19H,1H3/t17-/m0/s1. The zero-order chi connectivity index (χ0) is 16.3. The predicted molar refractivity (Wildman–Crippen MR) is 91.9 cm³/mol. The summed E-state index contributed by atoms with van der Waals surface area (Å²) in [5.41, 5.74) is 1.73. The van der Waals surface area contributed by atoms with Crippen LogP contribution in [0.1, 0.15) is 22.0 Å². The van der Waals surface area contributed by atoms with Gasteiger partial charge in [-0.25, -0.2) is 8.42 Å². The summed E-state index contributed by atoms with van der Waals surface area (Å²) in [7, 11) is -3.59. The molecule has 0 aliphatic rings. The molecule has 3 rings (SSSR count). The number of nitrogens with zero attached hydrogens (tertiary/aromatic N) is 1. The molecule has 0 fully saturated rings. The highest BCUT2D eigenvalue weighted by atomic mass is 32.2. The molecule has 1 aromatic carbocycles. The Kier molecular flexibility index (Phi) is 4.56. The van der Waals surface area contributed by atoms with Gasteiger partial charge in [-0.2, -0.15) is 4.72 Å². The van der Waals surface area contributed by atoms with Crippen LogP contribution in [-0.2, 0) is 10.0 Å². The van der Waals surface area contributed by atoms with Crippen LogP contribution in [0.15, 0.2) is 71.2 Å². The lowest BCUT2D eigenvalue weighted by Crippen LogP contribution is -2.29. The molecular formula is C17H16N2O2S2. The molecule has 0 amide bonds. The molecule has 23 heavy (non-hydrogen) atoms. The molecule has 0 spiro atoms. The molecule has 2 aromatic heterocycles. The van der Waals surface area contributed by atoms with Crippen molar-refractivity contribution >= 4 is 21.4 Å². The Morgan fingerprint density at radius 3 is 2.22 bits per heavy atom. The minimum absolute atomic E-state index is 0.324. The fourth-order valence-corrected chi connectivity index (χ4v) is 4.81. The number of pyridine rings is 1. The van der Waals surface area contributed by atoms with Crippen molar-refractivity contribution in [3.63, 3.8) is 0 Å². The van der Waals surface area contributed by atoms with E-state index >= 15 is 0 Å². The van der Waals surface area contributed by atoms with Crippen molar-refractivity contribution < 1.29 is 8.42 Å². The normalized spacial score (nSPS) is 12.9. The first-order chi connectivity index (χ1) is 11.1. The third-order valence-corrected chi connectivity index (χ3v) is 6.34. The van der Waals surface area contributed by atoms with Crippen LogP contribution in [0.2, 0.25) is 0 Å². The lowest BCUT2D eigenvalue weighted by atomic mass is 10.0. The maximum absolute atomic E-state index is 12.7. The van der Waals surface area contributed by atoms with Crippen LogP contribution in [0.25, 0.3) is 0 Å². The van der Waals surface area contributed by atoms with Gasteiger partial charge in [0, 0.05) is 17.3 Å². The van der Waals surface area contributed by atoms with Gasteiger partial charge in [0.15, 0.2) is 0 Å². The van der Waals surface area contributed by atoms with Gasteiger partial charge in [0.2, 0.25) is 0 Å². The minimum Gasteiger partial charge on any atom is -0.265 e. The van der Waals surface area contributed by atoms with E-state index in [0.29, 0.717) is 4.21 Å². The molecule has 0 radical (unpaired) electrons. The number of aryl methyl sites for hydroxylation is 1. The average molecular weight is 344 g/mol. The fourth-order valence-electron chi connectivity index (χ4n) is 2.30. The van der Waals surface area contributed by atoms with Crippen LogP contribution < -0.4 is 4.72 Å². The average Bonchev–Trinajstić information content (AvgIpc) is 3.02. The summed E-state index contributed by atoms with van der Waals surface area (Å²) >= 11 is 1.26. The maximum atomic E-state index is 12.7. The van der Waals surface area contributed by atoms with Crippen molar-refractivity contribution in [1.82, 2.24) is 9.71 Å². The molecule has 0 unspecified atom stereocenters. The van der Waals surface area contributed by atoms with Crippen molar-refractivity contribution in [2.24, 2.45) is 0 Å². The topological polar surface area (TPSA) is 59.1 Å². The number of thiophene rings is 1. The van der Waals surface area contributed by atoms with Crippen molar-refractivity contribution in [2.45, 2.75) is 17.2 Å². The van der Waals surface area contributed by atoms with E-state index in [1.54, 1.807) is 18.5 Å². The first kappa shape index (κ1) is 15.9. The first-order valence-electron chi connectivity index (χ1n) is 7.10. The van der Waals surface area contributed by atoms with E-state index < -0.39 is 16.1 Å². The quantitative estimate of drug-likeness (QED) is 0.770. The zero-order valence-corrected chi connectivity index (χ0v) is 14.1. The van der Waals surface area contributed by atoms with E-state index in [4.69, 9.17) is 0 Å². The maximum Gasteiger partial charge on any atom is 0.250 e. The van der Waals surface area contributed by atoms with Gasteiger partial charge in [-0.3, -0.25) is 4.98 Å². The Labute approximate surface area is 139 Å². The predicted octanol–water partition coefficient (Wildman–Crippen LogP) is 3.52. The van der Waals surface area contributed by atoms with Gasteiger partial charge in [0.25, 0.3) is 10.0 Å². The van der Waals surface area contributed by atoms with Crippen LogP contribution in [0.4, 0.5) is 0 Å². The van der Waals surface area contributed by atoms with Gasteiger partial charge < -0.3 is 0 Å². The second kappa shape index (κ2) is 6.62. The van der Waals surface area contributed by atoms with Gasteiger partial charge in [-0.1, -0.05) is 30.3 Å². The highest BCUT2D eigenvalue weighted by Gasteiger charge is 2.23. The van der Waals surface area contributed by atoms with Crippen molar-refractivity contribution in [3.05, 3.63) is 83.0 Å².